The Balaban J connectivity index is 2.29. The fourth-order valence-corrected chi connectivity index (χ4v) is 1.33. The summed E-state index contributed by atoms with van der Waals surface area (Å²) >= 11 is 0. The van der Waals surface area contributed by atoms with Crippen LogP contribution in [0.5, 0.6) is 0 Å². The molecule has 0 radical (unpaired) electrons. The van der Waals surface area contributed by atoms with Gasteiger partial charge in [-0.25, -0.2) is 8.78 Å². The van der Waals surface area contributed by atoms with Gasteiger partial charge in [-0.1, -0.05) is 0 Å². The molecular formula is C9H15F2NO2. The number of carbonyl (C=O) groups is 1. The topological polar surface area (TPSA) is 40.5 Å². The number of hydrogen-bond donors (Lipinski definition) is 1. The molecule has 1 saturated carbocycles. The molecule has 0 bridgehead atoms. The quantitative estimate of drug-likeness (QED) is 0.661. The van der Waals surface area contributed by atoms with E-state index in [2.05, 4.69) is 0 Å². The molecule has 0 heterocycles. The first-order chi connectivity index (χ1) is 6.63. The first kappa shape index (κ1) is 11.5. The van der Waals surface area contributed by atoms with Gasteiger partial charge in [0.1, 0.15) is 5.78 Å². The Morgan fingerprint density at radius 3 is 2.57 bits per heavy atom. The Bertz CT molecular complexity index is 195. The van der Waals surface area contributed by atoms with Crippen LogP contribution in [0.25, 0.3) is 0 Å². The van der Waals surface area contributed by atoms with Crippen LogP contribution < -0.4 is 0 Å². The van der Waals surface area contributed by atoms with E-state index in [-0.39, 0.29) is 31.4 Å². The van der Waals surface area contributed by atoms with Crippen LogP contribution >= 0.6 is 0 Å². The average Bonchev–Trinajstić information content (AvgIpc) is 2.84. The number of rotatable bonds is 7. The van der Waals surface area contributed by atoms with Gasteiger partial charge >= 0.3 is 0 Å². The molecule has 0 amide bonds. The molecule has 1 aliphatic carbocycles. The summed E-state index contributed by atoms with van der Waals surface area (Å²) in [6.45, 7) is -0.429. The molecule has 0 aliphatic heterocycles. The van der Waals surface area contributed by atoms with Crippen LogP contribution in [0, 0.1) is 5.92 Å². The molecule has 0 aromatic heterocycles. The highest BCUT2D eigenvalue weighted by Crippen LogP contribution is 2.29. The van der Waals surface area contributed by atoms with Crippen molar-refractivity contribution in [3.05, 3.63) is 0 Å². The summed E-state index contributed by atoms with van der Waals surface area (Å²) in [5.74, 6) is 0.118. The maximum absolute atomic E-state index is 12.0. The van der Waals surface area contributed by atoms with Crippen LogP contribution in [0.15, 0.2) is 0 Å². The molecule has 0 spiro atoms. The number of ketones is 1. The molecule has 0 aromatic carbocycles. The molecule has 0 atom stereocenters. The average molecular weight is 207 g/mol. The molecular weight excluding hydrogens is 192 g/mol. The van der Waals surface area contributed by atoms with E-state index in [1.165, 1.54) is 4.90 Å². The van der Waals surface area contributed by atoms with E-state index >= 15 is 0 Å². The second kappa shape index (κ2) is 5.36. The molecule has 0 unspecified atom stereocenters. The minimum atomic E-state index is -2.45. The largest absolute Gasteiger partial charge is 0.395 e. The molecule has 1 aliphatic rings. The van der Waals surface area contributed by atoms with Gasteiger partial charge in [-0.15, -0.1) is 0 Å². The summed E-state index contributed by atoms with van der Waals surface area (Å²) in [6.07, 6.45) is -0.672. The third kappa shape index (κ3) is 4.11. The van der Waals surface area contributed by atoms with Crippen molar-refractivity contribution in [2.24, 2.45) is 5.92 Å². The number of aliphatic hydroxyl groups excluding tert-OH is 1. The summed E-state index contributed by atoms with van der Waals surface area (Å²) < 4.78 is 24.1. The van der Waals surface area contributed by atoms with Crippen molar-refractivity contribution in [3.63, 3.8) is 0 Å². The summed E-state index contributed by atoms with van der Waals surface area (Å²) in [5.41, 5.74) is 0. The first-order valence-electron chi connectivity index (χ1n) is 4.77. The predicted molar refractivity (Wildman–Crippen MR) is 47.3 cm³/mol. The Morgan fingerprint density at radius 2 is 2.14 bits per heavy atom. The summed E-state index contributed by atoms with van der Waals surface area (Å²) in [5, 5.41) is 8.62. The number of aliphatic hydroxyl groups is 1. The van der Waals surface area contributed by atoms with E-state index in [1.54, 1.807) is 0 Å². The van der Waals surface area contributed by atoms with Crippen molar-refractivity contribution in [2.45, 2.75) is 19.3 Å². The van der Waals surface area contributed by atoms with Gasteiger partial charge in [-0.3, -0.25) is 9.69 Å². The smallest absolute Gasteiger partial charge is 0.251 e. The Kier molecular flexibility index (Phi) is 4.41. The summed E-state index contributed by atoms with van der Waals surface area (Å²) in [4.78, 5) is 12.6. The van der Waals surface area contributed by atoms with Crippen molar-refractivity contribution < 1.29 is 18.7 Å². The zero-order chi connectivity index (χ0) is 10.6. The standard InChI is InChI=1S/C9H15F2NO2/c10-9(11)6-12(3-4-13)5-8(14)7-1-2-7/h7,9,13H,1-6H2. The highest BCUT2D eigenvalue weighted by atomic mass is 19.3. The van der Waals surface area contributed by atoms with Crippen LogP contribution in [0.4, 0.5) is 8.78 Å². The lowest BCUT2D eigenvalue weighted by Crippen LogP contribution is -2.36. The highest BCUT2D eigenvalue weighted by Gasteiger charge is 2.30. The fourth-order valence-electron chi connectivity index (χ4n) is 1.33. The van der Waals surface area contributed by atoms with Gasteiger partial charge in [0.15, 0.2) is 0 Å². The van der Waals surface area contributed by atoms with E-state index < -0.39 is 13.0 Å². The number of Topliss-reactive ketones (excluding diaryl/α,β-unsaturated/α-hetero) is 1. The number of halogens is 2. The maximum atomic E-state index is 12.0. The minimum absolute atomic E-state index is 0.0269. The normalized spacial score (nSPS) is 16.6. The molecule has 1 rings (SSSR count). The summed E-state index contributed by atoms with van der Waals surface area (Å²) in [6, 6.07) is 0. The molecule has 5 heteroatoms. The van der Waals surface area contributed by atoms with Gasteiger partial charge in [0.2, 0.25) is 0 Å². The second-order valence-corrected chi connectivity index (χ2v) is 3.59. The lowest BCUT2D eigenvalue weighted by molar-refractivity contribution is -0.121. The SMILES string of the molecule is O=C(CN(CCO)CC(F)F)C1CC1. The third-order valence-electron chi connectivity index (χ3n) is 2.22. The Labute approximate surface area is 81.7 Å². The van der Waals surface area contributed by atoms with Crippen LogP contribution in [-0.4, -0.2) is 48.5 Å². The van der Waals surface area contributed by atoms with E-state index in [4.69, 9.17) is 5.11 Å². The molecule has 0 saturated heterocycles. The van der Waals surface area contributed by atoms with Crippen molar-refractivity contribution in [2.75, 3.05) is 26.2 Å². The third-order valence-corrected chi connectivity index (χ3v) is 2.22. The lowest BCUT2D eigenvalue weighted by Gasteiger charge is -2.19. The van der Waals surface area contributed by atoms with Crippen molar-refractivity contribution in [3.8, 4) is 0 Å². The predicted octanol–water partition coefficient (Wildman–Crippen LogP) is 0.525. The maximum Gasteiger partial charge on any atom is 0.251 e. The second-order valence-electron chi connectivity index (χ2n) is 3.59. The molecule has 0 aromatic rings. The fraction of sp³-hybridized carbons (Fsp3) is 0.889. The van der Waals surface area contributed by atoms with Gasteiger partial charge in [-0.2, -0.15) is 0 Å². The monoisotopic (exact) mass is 207 g/mol. The number of carbonyl (C=O) groups excluding carboxylic acids is 1. The Morgan fingerprint density at radius 1 is 1.50 bits per heavy atom. The molecule has 3 nitrogen and oxygen atoms in total. The number of alkyl halides is 2. The van der Waals surface area contributed by atoms with E-state index in [9.17, 15) is 13.6 Å². The van der Waals surface area contributed by atoms with Crippen molar-refractivity contribution in [1.82, 2.24) is 4.90 Å². The lowest BCUT2D eigenvalue weighted by atomic mass is 10.2. The summed E-state index contributed by atoms with van der Waals surface area (Å²) in [7, 11) is 0. The van der Waals surface area contributed by atoms with Crippen LogP contribution in [0.2, 0.25) is 0 Å². The highest BCUT2D eigenvalue weighted by molar-refractivity contribution is 5.84. The van der Waals surface area contributed by atoms with E-state index in [0.717, 1.165) is 12.8 Å². The van der Waals surface area contributed by atoms with Crippen LogP contribution in [-0.2, 0) is 4.79 Å². The van der Waals surface area contributed by atoms with Gasteiger partial charge in [0, 0.05) is 12.5 Å². The zero-order valence-electron chi connectivity index (χ0n) is 7.96. The van der Waals surface area contributed by atoms with Gasteiger partial charge in [0.05, 0.1) is 19.7 Å². The molecule has 1 N–H and O–H groups in total. The number of hydrogen-bond acceptors (Lipinski definition) is 3. The van der Waals surface area contributed by atoms with E-state index in [0.29, 0.717) is 0 Å². The van der Waals surface area contributed by atoms with Gasteiger partial charge in [0.25, 0.3) is 6.43 Å². The molecule has 82 valence electrons. The number of nitrogens with zero attached hydrogens (tertiary/aromatic N) is 1. The van der Waals surface area contributed by atoms with Gasteiger partial charge < -0.3 is 5.11 Å². The molecule has 14 heavy (non-hydrogen) atoms. The zero-order valence-corrected chi connectivity index (χ0v) is 7.96. The van der Waals surface area contributed by atoms with Gasteiger partial charge in [-0.05, 0) is 12.8 Å². The van der Waals surface area contributed by atoms with Crippen LogP contribution in [0.1, 0.15) is 12.8 Å². The molecule has 1 fully saturated rings. The van der Waals surface area contributed by atoms with Crippen molar-refractivity contribution >= 4 is 5.78 Å². The Hall–Kier alpha value is -0.550. The minimum Gasteiger partial charge on any atom is -0.395 e. The first-order valence-corrected chi connectivity index (χ1v) is 4.77. The van der Waals surface area contributed by atoms with E-state index in [1.807, 2.05) is 0 Å². The van der Waals surface area contributed by atoms with Crippen LogP contribution in [0.3, 0.4) is 0 Å². The van der Waals surface area contributed by atoms with Crippen molar-refractivity contribution in [1.29, 1.82) is 0 Å².